The lowest BCUT2D eigenvalue weighted by molar-refractivity contribution is 0.174. The topological polar surface area (TPSA) is 79.2 Å². The fraction of sp³-hybridized carbons (Fsp3) is 0.158. The highest BCUT2D eigenvalue weighted by Gasteiger charge is 2.12. The number of rotatable bonds is 5. The molecule has 0 aliphatic heterocycles. The Bertz CT molecular complexity index is 845. The SMILES string of the molecule is Cc1ccccc1C(O)CNC(=O)Nc1cnn(-c2ccccc2)c1. The predicted molar refractivity (Wildman–Crippen MR) is 96.7 cm³/mol. The average molecular weight is 336 g/mol. The summed E-state index contributed by atoms with van der Waals surface area (Å²) < 4.78 is 1.68. The Balaban J connectivity index is 1.55. The Hall–Kier alpha value is -3.12. The molecule has 1 atom stereocenters. The number of nitrogens with one attached hydrogen (secondary N) is 2. The van der Waals surface area contributed by atoms with Crippen molar-refractivity contribution in [3.63, 3.8) is 0 Å². The number of carbonyl (C=O) groups excluding carboxylic acids is 1. The predicted octanol–water partition coefficient (Wildman–Crippen LogP) is 3.04. The van der Waals surface area contributed by atoms with Gasteiger partial charge in [0.2, 0.25) is 0 Å². The summed E-state index contributed by atoms with van der Waals surface area (Å²) in [4.78, 5) is 12.0. The second-order valence-corrected chi connectivity index (χ2v) is 5.72. The van der Waals surface area contributed by atoms with Gasteiger partial charge in [0, 0.05) is 6.54 Å². The van der Waals surface area contributed by atoms with Crippen LogP contribution in [0.2, 0.25) is 0 Å². The molecule has 6 nitrogen and oxygen atoms in total. The quantitative estimate of drug-likeness (QED) is 0.670. The molecule has 1 unspecified atom stereocenters. The molecule has 2 amide bonds. The summed E-state index contributed by atoms with van der Waals surface area (Å²) in [6, 6.07) is 16.8. The molecule has 3 N–H and O–H groups in total. The number of hydrogen-bond donors (Lipinski definition) is 3. The molecule has 0 spiro atoms. The van der Waals surface area contributed by atoms with Crippen LogP contribution in [0.5, 0.6) is 0 Å². The minimum absolute atomic E-state index is 0.128. The van der Waals surface area contributed by atoms with E-state index >= 15 is 0 Å². The van der Waals surface area contributed by atoms with Crippen molar-refractivity contribution in [1.82, 2.24) is 15.1 Å². The van der Waals surface area contributed by atoms with Gasteiger partial charge in [0.15, 0.2) is 0 Å². The molecule has 2 aromatic carbocycles. The first-order chi connectivity index (χ1) is 12.1. The molecular formula is C19H20N4O2. The molecule has 25 heavy (non-hydrogen) atoms. The number of aliphatic hydroxyl groups is 1. The highest BCUT2D eigenvalue weighted by molar-refractivity contribution is 5.88. The minimum atomic E-state index is -0.751. The lowest BCUT2D eigenvalue weighted by Gasteiger charge is -2.14. The van der Waals surface area contributed by atoms with Crippen LogP contribution in [0.1, 0.15) is 17.2 Å². The number of aliphatic hydroxyl groups excluding tert-OH is 1. The summed E-state index contributed by atoms with van der Waals surface area (Å²) in [5.74, 6) is 0. The van der Waals surface area contributed by atoms with E-state index in [2.05, 4.69) is 15.7 Å². The van der Waals surface area contributed by atoms with Crippen molar-refractivity contribution in [1.29, 1.82) is 0 Å². The van der Waals surface area contributed by atoms with E-state index in [1.165, 1.54) is 0 Å². The van der Waals surface area contributed by atoms with Gasteiger partial charge in [-0.2, -0.15) is 5.10 Å². The van der Waals surface area contributed by atoms with E-state index in [1.54, 1.807) is 17.1 Å². The van der Waals surface area contributed by atoms with E-state index in [0.29, 0.717) is 5.69 Å². The smallest absolute Gasteiger partial charge is 0.319 e. The highest BCUT2D eigenvalue weighted by atomic mass is 16.3. The van der Waals surface area contributed by atoms with Crippen molar-refractivity contribution in [3.8, 4) is 5.69 Å². The van der Waals surface area contributed by atoms with Crippen molar-refractivity contribution in [3.05, 3.63) is 78.1 Å². The zero-order chi connectivity index (χ0) is 17.6. The first-order valence-electron chi connectivity index (χ1n) is 8.02. The van der Waals surface area contributed by atoms with E-state index in [9.17, 15) is 9.90 Å². The molecule has 0 saturated heterocycles. The summed E-state index contributed by atoms with van der Waals surface area (Å²) in [5.41, 5.74) is 3.28. The lowest BCUT2D eigenvalue weighted by Crippen LogP contribution is -2.32. The summed E-state index contributed by atoms with van der Waals surface area (Å²) >= 11 is 0. The van der Waals surface area contributed by atoms with Crippen molar-refractivity contribution < 1.29 is 9.90 Å². The maximum atomic E-state index is 12.0. The number of anilines is 1. The third-order valence-corrected chi connectivity index (χ3v) is 3.86. The van der Waals surface area contributed by atoms with E-state index in [4.69, 9.17) is 0 Å². The Morgan fingerprint density at radius 2 is 1.88 bits per heavy atom. The maximum absolute atomic E-state index is 12.0. The number of hydrogen-bond acceptors (Lipinski definition) is 3. The molecule has 0 radical (unpaired) electrons. The van der Waals surface area contributed by atoms with Crippen molar-refractivity contribution >= 4 is 11.7 Å². The van der Waals surface area contributed by atoms with Gasteiger partial charge in [-0.3, -0.25) is 0 Å². The summed E-state index contributed by atoms with van der Waals surface area (Å²) in [6.07, 6.45) is 2.55. The molecule has 0 bridgehead atoms. The van der Waals surface area contributed by atoms with E-state index in [-0.39, 0.29) is 12.6 Å². The van der Waals surface area contributed by atoms with Crippen LogP contribution in [0, 0.1) is 6.92 Å². The summed E-state index contributed by atoms with van der Waals surface area (Å²) in [7, 11) is 0. The van der Waals surface area contributed by atoms with Crippen LogP contribution in [0.4, 0.5) is 10.5 Å². The van der Waals surface area contributed by atoms with Gasteiger partial charge in [0.25, 0.3) is 0 Å². The molecule has 0 fully saturated rings. The lowest BCUT2D eigenvalue weighted by atomic mass is 10.0. The Kier molecular flexibility index (Phi) is 5.11. The van der Waals surface area contributed by atoms with Crippen LogP contribution in [-0.2, 0) is 0 Å². The minimum Gasteiger partial charge on any atom is -0.387 e. The molecule has 1 heterocycles. The number of benzene rings is 2. The van der Waals surface area contributed by atoms with Crippen molar-refractivity contribution in [2.24, 2.45) is 0 Å². The van der Waals surface area contributed by atoms with Gasteiger partial charge in [-0.1, -0.05) is 42.5 Å². The number of urea groups is 1. The second-order valence-electron chi connectivity index (χ2n) is 5.72. The van der Waals surface area contributed by atoms with Crippen molar-refractivity contribution in [2.45, 2.75) is 13.0 Å². The first kappa shape index (κ1) is 16.7. The third kappa shape index (κ3) is 4.24. The van der Waals surface area contributed by atoms with Gasteiger partial charge in [-0.25, -0.2) is 9.48 Å². The number of amides is 2. The molecule has 128 valence electrons. The zero-order valence-corrected chi connectivity index (χ0v) is 13.9. The second kappa shape index (κ2) is 7.63. The van der Waals surface area contributed by atoms with Crippen molar-refractivity contribution in [2.75, 3.05) is 11.9 Å². The van der Waals surface area contributed by atoms with Gasteiger partial charge >= 0.3 is 6.03 Å². The molecule has 3 rings (SSSR count). The van der Waals surface area contributed by atoms with E-state index in [1.807, 2.05) is 61.5 Å². The summed E-state index contributed by atoms with van der Waals surface area (Å²) in [6.45, 7) is 2.06. The average Bonchev–Trinajstić information content (AvgIpc) is 3.09. The van der Waals surface area contributed by atoms with Crippen LogP contribution in [-0.4, -0.2) is 27.5 Å². The standard InChI is InChI=1S/C19H20N4O2/c1-14-7-5-6-10-17(14)18(24)12-20-19(25)22-15-11-21-23(13-15)16-8-3-2-4-9-16/h2-11,13,18,24H,12H2,1H3,(H2,20,22,25). The van der Waals surface area contributed by atoms with E-state index < -0.39 is 6.10 Å². The van der Waals surface area contributed by atoms with Crippen LogP contribution < -0.4 is 10.6 Å². The molecular weight excluding hydrogens is 316 g/mol. The van der Waals surface area contributed by atoms with Crippen LogP contribution >= 0.6 is 0 Å². The largest absolute Gasteiger partial charge is 0.387 e. The molecule has 0 aliphatic carbocycles. The van der Waals surface area contributed by atoms with Gasteiger partial charge in [0.1, 0.15) is 0 Å². The van der Waals surface area contributed by atoms with Gasteiger partial charge in [-0.15, -0.1) is 0 Å². The third-order valence-electron chi connectivity index (χ3n) is 3.86. The number of aromatic nitrogens is 2. The molecule has 3 aromatic rings. The number of carbonyl (C=O) groups is 1. The van der Waals surface area contributed by atoms with Crippen LogP contribution in [0.15, 0.2) is 67.0 Å². The molecule has 0 saturated carbocycles. The van der Waals surface area contributed by atoms with Gasteiger partial charge in [0.05, 0.1) is 29.9 Å². The van der Waals surface area contributed by atoms with Gasteiger partial charge in [-0.05, 0) is 30.2 Å². The highest BCUT2D eigenvalue weighted by Crippen LogP contribution is 2.16. The number of aryl methyl sites for hydroxylation is 1. The fourth-order valence-electron chi connectivity index (χ4n) is 2.54. The van der Waals surface area contributed by atoms with Gasteiger partial charge < -0.3 is 15.7 Å². The maximum Gasteiger partial charge on any atom is 0.319 e. The Morgan fingerprint density at radius 1 is 1.16 bits per heavy atom. The van der Waals surface area contributed by atoms with Crippen LogP contribution in [0.3, 0.4) is 0 Å². The zero-order valence-electron chi connectivity index (χ0n) is 13.9. The normalized spacial score (nSPS) is 11.8. The number of nitrogens with zero attached hydrogens (tertiary/aromatic N) is 2. The Morgan fingerprint density at radius 3 is 2.64 bits per heavy atom. The molecule has 0 aliphatic rings. The first-order valence-corrected chi connectivity index (χ1v) is 8.02. The molecule has 1 aromatic heterocycles. The Labute approximate surface area is 146 Å². The summed E-state index contributed by atoms with van der Waals surface area (Å²) in [5, 5.41) is 19.8. The number of para-hydroxylation sites is 1. The monoisotopic (exact) mass is 336 g/mol. The van der Waals surface area contributed by atoms with E-state index in [0.717, 1.165) is 16.8 Å². The molecule has 6 heteroatoms. The fourth-order valence-corrected chi connectivity index (χ4v) is 2.54. The van der Waals surface area contributed by atoms with Crippen LogP contribution in [0.25, 0.3) is 5.69 Å².